The van der Waals surface area contributed by atoms with E-state index >= 15 is 0 Å². The van der Waals surface area contributed by atoms with Gasteiger partial charge in [0.15, 0.2) is 5.78 Å². The van der Waals surface area contributed by atoms with E-state index in [2.05, 4.69) is 5.32 Å². The number of Topliss-reactive ketones (excluding diaryl/α,β-unsaturated/α-hetero) is 1. The van der Waals surface area contributed by atoms with E-state index in [0.29, 0.717) is 11.3 Å². The van der Waals surface area contributed by atoms with Gasteiger partial charge in [0.1, 0.15) is 0 Å². The second kappa shape index (κ2) is 3.01. The first-order chi connectivity index (χ1) is 5.52. The Balaban J connectivity index is 3.08. The van der Waals surface area contributed by atoms with Crippen LogP contribution in [-0.2, 0) is 4.79 Å². The minimum Gasteiger partial charge on any atom is -0.398 e. The Bertz CT molecular complexity index is 276. The molecule has 0 saturated carbocycles. The highest BCUT2D eigenvalue weighted by atomic mass is 16.1. The van der Waals surface area contributed by atoms with E-state index < -0.39 is 0 Å². The van der Waals surface area contributed by atoms with Gasteiger partial charge in [0.25, 0.3) is 0 Å². The molecule has 0 fully saturated rings. The normalized spacial score (nSPS) is 23.2. The molecule has 3 nitrogen and oxygen atoms in total. The molecule has 1 rings (SSSR count). The maximum Gasteiger partial charge on any atom is 0.159 e. The molecule has 1 heterocycles. The first-order valence-corrected chi connectivity index (χ1v) is 3.97. The van der Waals surface area contributed by atoms with Gasteiger partial charge in [0.05, 0.1) is 6.04 Å². The quantitative estimate of drug-likeness (QED) is 0.602. The van der Waals surface area contributed by atoms with Crippen molar-refractivity contribution in [1.82, 2.24) is 5.32 Å². The van der Waals surface area contributed by atoms with Crippen LogP contribution in [0, 0.1) is 0 Å². The second-order valence-corrected chi connectivity index (χ2v) is 3.12. The van der Waals surface area contributed by atoms with Crippen LogP contribution in [0.2, 0.25) is 0 Å². The van der Waals surface area contributed by atoms with E-state index in [1.165, 1.54) is 6.92 Å². The lowest BCUT2D eigenvalue weighted by Crippen LogP contribution is -2.34. The molecule has 1 atom stereocenters. The highest BCUT2D eigenvalue weighted by molar-refractivity contribution is 5.95. The van der Waals surface area contributed by atoms with Gasteiger partial charge in [0.2, 0.25) is 0 Å². The van der Waals surface area contributed by atoms with Crippen LogP contribution < -0.4 is 11.1 Å². The SMILES string of the molecule is CC(=O)C1=C(N)C=C(C)NC1C. The molecule has 1 aliphatic rings. The van der Waals surface area contributed by atoms with E-state index in [9.17, 15) is 4.79 Å². The number of ketones is 1. The molecule has 0 spiro atoms. The standard InChI is InChI=1S/C9H14N2O/c1-5-4-8(10)9(7(3)12)6(2)11-5/h4,6,11H,10H2,1-3H3. The third-order valence-corrected chi connectivity index (χ3v) is 1.94. The number of allylic oxidation sites excluding steroid dienone is 2. The van der Waals surface area contributed by atoms with Crippen LogP contribution >= 0.6 is 0 Å². The Labute approximate surface area is 72.3 Å². The molecular weight excluding hydrogens is 152 g/mol. The van der Waals surface area contributed by atoms with Crippen LogP contribution in [0.1, 0.15) is 20.8 Å². The monoisotopic (exact) mass is 166 g/mol. The Morgan fingerprint density at radius 1 is 1.67 bits per heavy atom. The van der Waals surface area contributed by atoms with Crippen molar-refractivity contribution in [2.45, 2.75) is 26.8 Å². The lowest BCUT2D eigenvalue weighted by molar-refractivity contribution is -0.113. The molecule has 12 heavy (non-hydrogen) atoms. The number of hydrogen-bond donors (Lipinski definition) is 2. The van der Waals surface area contributed by atoms with Gasteiger partial charge in [0, 0.05) is 17.0 Å². The van der Waals surface area contributed by atoms with Crippen molar-refractivity contribution in [1.29, 1.82) is 0 Å². The van der Waals surface area contributed by atoms with Gasteiger partial charge in [-0.2, -0.15) is 0 Å². The second-order valence-electron chi connectivity index (χ2n) is 3.12. The zero-order chi connectivity index (χ0) is 9.30. The highest BCUT2D eigenvalue weighted by Crippen LogP contribution is 2.15. The Kier molecular flexibility index (Phi) is 2.22. The molecule has 0 amide bonds. The molecular formula is C9H14N2O. The van der Waals surface area contributed by atoms with Crippen molar-refractivity contribution in [3.63, 3.8) is 0 Å². The largest absolute Gasteiger partial charge is 0.398 e. The molecule has 3 N–H and O–H groups in total. The first-order valence-electron chi connectivity index (χ1n) is 3.97. The maximum absolute atomic E-state index is 11.1. The van der Waals surface area contributed by atoms with Crippen molar-refractivity contribution in [3.8, 4) is 0 Å². The smallest absolute Gasteiger partial charge is 0.159 e. The predicted octanol–water partition coefficient (Wildman–Crippen LogP) is 0.684. The topological polar surface area (TPSA) is 55.1 Å². The summed E-state index contributed by atoms with van der Waals surface area (Å²) in [6.45, 7) is 5.40. The number of dihydropyridines is 1. The number of rotatable bonds is 1. The van der Waals surface area contributed by atoms with Gasteiger partial charge in [-0.25, -0.2) is 0 Å². The van der Waals surface area contributed by atoms with Crippen LogP contribution in [0.25, 0.3) is 0 Å². The van der Waals surface area contributed by atoms with E-state index in [-0.39, 0.29) is 11.8 Å². The number of hydrogen-bond acceptors (Lipinski definition) is 3. The molecule has 3 heteroatoms. The summed E-state index contributed by atoms with van der Waals surface area (Å²) in [5.41, 5.74) is 7.98. The summed E-state index contributed by atoms with van der Waals surface area (Å²) >= 11 is 0. The summed E-state index contributed by atoms with van der Waals surface area (Å²) < 4.78 is 0. The van der Waals surface area contributed by atoms with E-state index in [1.807, 2.05) is 13.8 Å². The lowest BCUT2D eigenvalue weighted by Gasteiger charge is -2.23. The molecule has 0 radical (unpaired) electrons. The van der Waals surface area contributed by atoms with E-state index in [4.69, 9.17) is 5.73 Å². The van der Waals surface area contributed by atoms with Crippen LogP contribution in [0.4, 0.5) is 0 Å². The zero-order valence-electron chi connectivity index (χ0n) is 7.64. The summed E-state index contributed by atoms with van der Waals surface area (Å²) in [6.07, 6.45) is 1.79. The van der Waals surface area contributed by atoms with Crippen LogP contribution in [0.5, 0.6) is 0 Å². The molecule has 1 unspecified atom stereocenters. The summed E-state index contributed by atoms with van der Waals surface area (Å²) in [5.74, 6) is 0.0382. The molecule has 0 bridgehead atoms. The molecule has 0 aromatic rings. The molecule has 0 aromatic carbocycles. The average molecular weight is 166 g/mol. The van der Waals surface area contributed by atoms with Crippen molar-refractivity contribution >= 4 is 5.78 Å². The van der Waals surface area contributed by atoms with E-state index in [0.717, 1.165) is 5.70 Å². The lowest BCUT2D eigenvalue weighted by atomic mass is 9.99. The van der Waals surface area contributed by atoms with Gasteiger partial charge < -0.3 is 11.1 Å². The molecule has 0 aliphatic carbocycles. The molecule has 1 aliphatic heterocycles. The Morgan fingerprint density at radius 2 is 2.25 bits per heavy atom. The number of carbonyl (C=O) groups excluding carboxylic acids is 1. The maximum atomic E-state index is 11.1. The highest BCUT2D eigenvalue weighted by Gasteiger charge is 2.19. The number of nitrogens with one attached hydrogen (secondary N) is 1. The zero-order valence-corrected chi connectivity index (χ0v) is 7.64. The van der Waals surface area contributed by atoms with Crippen molar-refractivity contribution in [3.05, 3.63) is 23.0 Å². The Morgan fingerprint density at radius 3 is 2.67 bits per heavy atom. The van der Waals surface area contributed by atoms with Crippen LogP contribution in [0.3, 0.4) is 0 Å². The fraction of sp³-hybridized carbons (Fsp3) is 0.444. The third-order valence-electron chi connectivity index (χ3n) is 1.94. The first kappa shape index (κ1) is 8.84. The predicted molar refractivity (Wildman–Crippen MR) is 48.2 cm³/mol. The molecule has 0 aromatic heterocycles. The van der Waals surface area contributed by atoms with Crippen LogP contribution in [-0.4, -0.2) is 11.8 Å². The molecule has 66 valence electrons. The molecule has 0 saturated heterocycles. The minimum absolute atomic E-state index is 0.0347. The van der Waals surface area contributed by atoms with Gasteiger partial charge in [-0.1, -0.05) is 0 Å². The summed E-state index contributed by atoms with van der Waals surface area (Å²) in [5, 5.41) is 3.14. The summed E-state index contributed by atoms with van der Waals surface area (Å²) in [7, 11) is 0. The van der Waals surface area contributed by atoms with Crippen LogP contribution in [0.15, 0.2) is 23.0 Å². The fourth-order valence-corrected chi connectivity index (χ4v) is 1.52. The van der Waals surface area contributed by atoms with Crippen molar-refractivity contribution in [2.24, 2.45) is 5.73 Å². The van der Waals surface area contributed by atoms with Crippen molar-refractivity contribution < 1.29 is 4.79 Å². The van der Waals surface area contributed by atoms with Gasteiger partial charge in [-0.05, 0) is 26.8 Å². The van der Waals surface area contributed by atoms with Gasteiger partial charge in [-0.15, -0.1) is 0 Å². The number of carbonyl (C=O) groups is 1. The van der Waals surface area contributed by atoms with Gasteiger partial charge >= 0.3 is 0 Å². The van der Waals surface area contributed by atoms with E-state index in [1.54, 1.807) is 6.08 Å². The summed E-state index contributed by atoms with van der Waals surface area (Å²) in [4.78, 5) is 11.1. The average Bonchev–Trinajstić information content (AvgIpc) is 1.82. The van der Waals surface area contributed by atoms with Gasteiger partial charge in [-0.3, -0.25) is 4.79 Å². The Hall–Kier alpha value is -1.25. The number of nitrogens with two attached hydrogens (primary N) is 1. The summed E-state index contributed by atoms with van der Waals surface area (Å²) in [6, 6.07) is 0.0347. The third kappa shape index (κ3) is 1.49. The van der Waals surface area contributed by atoms with Crippen molar-refractivity contribution in [2.75, 3.05) is 0 Å². The minimum atomic E-state index is 0.0347. The fourth-order valence-electron chi connectivity index (χ4n) is 1.52.